The summed E-state index contributed by atoms with van der Waals surface area (Å²) in [6.07, 6.45) is 1.13. The third kappa shape index (κ3) is 3.71. The minimum Gasteiger partial charge on any atom is -0.496 e. The molecule has 2 rings (SSSR count). The van der Waals surface area contributed by atoms with Crippen molar-refractivity contribution >= 4 is 17.7 Å². The molecule has 0 N–H and O–H groups in total. The van der Waals surface area contributed by atoms with E-state index < -0.39 is 4.92 Å². The van der Waals surface area contributed by atoms with Crippen LogP contribution in [0.25, 0.3) is 0 Å². The fourth-order valence-electron chi connectivity index (χ4n) is 2.63. The Morgan fingerprint density at radius 1 is 1.21 bits per heavy atom. The van der Waals surface area contributed by atoms with Gasteiger partial charge in [-0.05, 0) is 11.6 Å². The summed E-state index contributed by atoms with van der Waals surface area (Å²) in [7, 11) is 5.47. The van der Waals surface area contributed by atoms with Crippen LogP contribution in [0.15, 0.2) is 42.5 Å². The van der Waals surface area contributed by atoms with E-state index in [4.69, 9.17) is 4.74 Å². The Morgan fingerprint density at radius 3 is 2.38 bits per heavy atom. The Balaban J connectivity index is 2.46. The predicted molar refractivity (Wildman–Crippen MR) is 92.9 cm³/mol. The summed E-state index contributed by atoms with van der Waals surface area (Å²) >= 11 is 0. The third-order valence-electron chi connectivity index (χ3n) is 3.95. The van der Waals surface area contributed by atoms with Crippen molar-refractivity contribution in [1.29, 1.82) is 0 Å². The number of non-ortho nitro benzene ring substituents is 1. The van der Waals surface area contributed by atoms with Crippen molar-refractivity contribution in [2.75, 3.05) is 26.1 Å². The molecular formula is C18H20N2O4. The van der Waals surface area contributed by atoms with Crippen LogP contribution in [0, 0.1) is 10.1 Å². The van der Waals surface area contributed by atoms with Crippen molar-refractivity contribution in [2.24, 2.45) is 0 Å². The van der Waals surface area contributed by atoms with Gasteiger partial charge in [-0.2, -0.15) is 0 Å². The van der Waals surface area contributed by atoms with Crippen LogP contribution in [0.1, 0.15) is 23.5 Å². The number of aldehydes is 1. The topological polar surface area (TPSA) is 72.7 Å². The fourth-order valence-corrected chi connectivity index (χ4v) is 2.63. The number of methoxy groups -OCH3 is 1. The van der Waals surface area contributed by atoms with Crippen LogP contribution in [0.2, 0.25) is 0 Å². The summed E-state index contributed by atoms with van der Waals surface area (Å²) in [6, 6.07) is 12.1. The molecule has 6 nitrogen and oxygen atoms in total. The summed E-state index contributed by atoms with van der Waals surface area (Å²) in [5, 5.41) is 10.8. The highest BCUT2D eigenvalue weighted by molar-refractivity contribution is 5.59. The van der Waals surface area contributed by atoms with Gasteiger partial charge in [0.1, 0.15) is 12.0 Å². The summed E-state index contributed by atoms with van der Waals surface area (Å²) in [5.74, 6) is 0.473. The van der Waals surface area contributed by atoms with Crippen LogP contribution in [-0.4, -0.2) is 32.4 Å². The Hall–Kier alpha value is -2.89. The van der Waals surface area contributed by atoms with Crippen molar-refractivity contribution in [3.63, 3.8) is 0 Å². The van der Waals surface area contributed by atoms with Crippen molar-refractivity contribution in [2.45, 2.75) is 12.3 Å². The van der Waals surface area contributed by atoms with Crippen LogP contribution >= 0.6 is 0 Å². The van der Waals surface area contributed by atoms with Gasteiger partial charge in [-0.25, -0.2) is 0 Å². The molecule has 0 amide bonds. The Kier molecular flexibility index (Phi) is 5.52. The van der Waals surface area contributed by atoms with Crippen molar-refractivity contribution in [3.8, 4) is 5.75 Å². The molecule has 2 aromatic carbocycles. The number of benzene rings is 2. The number of carbonyl (C=O) groups excluding carboxylic acids is 1. The van der Waals surface area contributed by atoms with Crippen LogP contribution in [0.4, 0.5) is 11.4 Å². The van der Waals surface area contributed by atoms with Crippen LogP contribution in [0.5, 0.6) is 5.75 Å². The van der Waals surface area contributed by atoms with Gasteiger partial charge in [0, 0.05) is 55.9 Å². The summed E-state index contributed by atoms with van der Waals surface area (Å²) < 4.78 is 5.50. The van der Waals surface area contributed by atoms with E-state index in [0.717, 1.165) is 23.1 Å². The molecule has 0 radical (unpaired) electrons. The lowest BCUT2D eigenvalue weighted by atomic mass is 9.88. The van der Waals surface area contributed by atoms with E-state index in [1.54, 1.807) is 19.2 Å². The first-order chi connectivity index (χ1) is 11.5. The van der Waals surface area contributed by atoms with E-state index in [-0.39, 0.29) is 18.0 Å². The SMILES string of the molecule is COc1cc(N(C)C)ccc1[C@@H](CC=O)c1ccc([N+](=O)[O-])cc1. The number of anilines is 1. The standard InChI is InChI=1S/C18H20N2O4/c1-19(2)15-8-9-17(18(12-15)24-3)16(10-11-21)13-4-6-14(7-5-13)20(22)23/h4-9,11-12,16H,10H2,1-3H3/t16-/m0/s1. The first-order valence-corrected chi connectivity index (χ1v) is 7.51. The molecule has 6 heteroatoms. The van der Waals surface area contributed by atoms with Gasteiger partial charge in [0.05, 0.1) is 12.0 Å². The average molecular weight is 328 g/mol. The molecule has 0 heterocycles. The fraction of sp³-hybridized carbons (Fsp3) is 0.278. The van der Waals surface area contributed by atoms with E-state index in [0.29, 0.717) is 5.75 Å². The zero-order chi connectivity index (χ0) is 17.7. The number of rotatable bonds is 7. The minimum atomic E-state index is -0.440. The van der Waals surface area contributed by atoms with E-state index in [1.165, 1.54) is 12.1 Å². The van der Waals surface area contributed by atoms with E-state index >= 15 is 0 Å². The number of ether oxygens (including phenoxy) is 1. The predicted octanol–water partition coefficient (Wildman–Crippen LogP) is 3.39. The van der Waals surface area contributed by atoms with Gasteiger partial charge in [-0.1, -0.05) is 18.2 Å². The van der Waals surface area contributed by atoms with Gasteiger partial charge in [-0.3, -0.25) is 10.1 Å². The molecular weight excluding hydrogens is 308 g/mol. The molecule has 0 aliphatic heterocycles. The molecule has 0 saturated heterocycles. The van der Waals surface area contributed by atoms with Gasteiger partial charge in [0.25, 0.3) is 5.69 Å². The average Bonchev–Trinajstić information content (AvgIpc) is 2.59. The van der Waals surface area contributed by atoms with E-state index in [2.05, 4.69) is 0 Å². The largest absolute Gasteiger partial charge is 0.496 e. The number of nitro groups is 1. The lowest BCUT2D eigenvalue weighted by Crippen LogP contribution is -2.10. The zero-order valence-electron chi connectivity index (χ0n) is 13.9. The first kappa shape index (κ1) is 17.5. The van der Waals surface area contributed by atoms with Crippen molar-refractivity contribution in [3.05, 3.63) is 63.7 Å². The highest BCUT2D eigenvalue weighted by atomic mass is 16.6. The molecule has 0 spiro atoms. The van der Waals surface area contributed by atoms with Gasteiger partial charge in [0.2, 0.25) is 0 Å². The molecule has 126 valence electrons. The molecule has 2 aromatic rings. The second kappa shape index (κ2) is 7.59. The van der Waals surface area contributed by atoms with Gasteiger partial charge in [-0.15, -0.1) is 0 Å². The summed E-state index contributed by atoms with van der Waals surface area (Å²) in [4.78, 5) is 23.5. The Bertz CT molecular complexity index is 726. The third-order valence-corrected chi connectivity index (χ3v) is 3.95. The maximum absolute atomic E-state index is 11.2. The zero-order valence-corrected chi connectivity index (χ0v) is 13.9. The number of hydrogen-bond acceptors (Lipinski definition) is 5. The summed E-state index contributed by atoms with van der Waals surface area (Å²) in [6.45, 7) is 0. The van der Waals surface area contributed by atoms with Gasteiger partial charge in [0.15, 0.2) is 0 Å². The molecule has 1 atom stereocenters. The molecule has 0 saturated carbocycles. The molecule has 0 aliphatic rings. The lowest BCUT2D eigenvalue weighted by Gasteiger charge is -2.21. The maximum Gasteiger partial charge on any atom is 0.269 e. The molecule has 0 aliphatic carbocycles. The normalized spacial score (nSPS) is 11.6. The molecule has 24 heavy (non-hydrogen) atoms. The molecule has 0 bridgehead atoms. The Morgan fingerprint density at radius 2 is 1.88 bits per heavy atom. The summed E-state index contributed by atoms with van der Waals surface area (Å²) in [5.41, 5.74) is 2.73. The second-order valence-electron chi connectivity index (χ2n) is 5.62. The number of nitrogens with zero attached hydrogens (tertiary/aromatic N) is 2. The lowest BCUT2D eigenvalue weighted by molar-refractivity contribution is -0.384. The maximum atomic E-state index is 11.2. The van der Waals surface area contributed by atoms with E-state index in [1.807, 2.05) is 37.2 Å². The second-order valence-corrected chi connectivity index (χ2v) is 5.62. The monoisotopic (exact) mass is 328 g/mol. The highest BCUT2D eigenvalue weighted by Crippen LogP contribution is 2.36. The molecule has 0 unspecified atom stereocenters. The van der Waals surface area contributed by atoms with Gasteiger partial charge < -0.3 is 14.4 Å². The van der Waals surface area contributed by atoms with E-state index in [9.17, 15) is 14.9 Å². The molecule has 0 fully saturated rings. The van der Waals surface area contributed by atoms with Gasteiger partial charge >= 0.3 is 0 Å². The quantitative estimate of drug-likeness (QED) is 0.442. The Labute approximate surface area is 140 Å². The van der Waals surface area contributed by atoms with Crippen molar-refractivity contribution < 1.29 is 14.5 Å². The van der Waals surface area contributed by atoms with Crippen LogP contribution < -0.4 is 9.64 Å². The van der Waals surface area contributed by atoms with Crippen LogP contribution in [0.3, 0.4) is 0 Å². The van der Waals surface area contributed by atoms with Crippen LogP contribution in [-0.2, 0) is 4.79 Å². The smallest absolute Gasteiger partial charge is 0.269 e. The number of nitro benzene ring substituents is 1. The minimum absolute atomic E-state index is 0.0264. The number of hydrogen-bond donors (Lipinski definition) is 0. The first-order valence-electron chi connectivity index (χ1n) is 7.51. The van der Waals surface area contributed by atoms with Crippen molar-refractivity contribution in [1.82, 2.24) is 0 Å². The highest BCUT2D eigenvalue weighted by Gasteiger charge is 2.20. The number of carbonyl (C=O) groups is 1. The molecule has 0 aromatic heterocycles.